The molecule has 0 aliphatic rings. The Morgan fingerprint density at radius 2 is 1.71 bits per heavy atom. The van der Waals surface area contributed by atoms with Gasteiger partial charge in [-0.15, -0.1) is 0 Å². The smallest absolute Gasteiger partial charge is 0.262 e. The number of pyridine rings is 1. The Labute approximate surface area is 164 Å². The summed E-state index contributed by atoms with van der Waals surface area (Å²) in [6.07, 6.45) is 1.64. The second-order valence-electron chi connectivity index (χ2n) is 6.23. The zero-order chi connectivity index (χ0) is 19.8. The van der Waals surface area contributed by atoms with Gasteiger partial charge in [0.2, 0.25) is 0 Å². The first-order valence-electron chi connectivity index (χ1n) is 8.92. The van der Waals surface area contributed by atoms with Gasteiger partial charge < -0.3 is 19.7 Å². The highest BCUT2D eigenvalue weighted by Crippen LogP contribution is 2.25. The Morgan fingerprint density at radius 1 is 1.00 bits per heavy atom. The van der Waals surface area contributed by atoms with E-state index in [0.717, 1.165) is 12.4 Å². The first-order valence-corrected chi connectivity index (χ1v) is 8.92. The van der Waals surface area contributed by atoms with Crippen molar-refractivity contribution >= 4 is 17.4 Å². The molecule has 0 bridgehead atoms. The zero-order valence-electron chi connectivity index (χ0n) is 16.0. The summed E-state index contributed by atoms with van der Waals surface area (Å²) in [4.78, 5) is 18.6. The van der Waals surface area contributed by atoms with Crippen molar-refractivity contribution in [1.29, 1.82) is 0 Å². The van der Waals surface area contributed by atoms with Crippen LogP contribution in [0.3, 0.4) is 0 Å². The van der Waals surface area contributed by atoms with Crippen molar-refractivity contribution in [2.45, 2.75) is 6.54 Å². The van der Waals surface area contributed by atoms with E-state index in [9.17, 15) is 4.79 Å². The summed E-state index contributed by atoms with van der Waals surface area (Å²) in [5.74, 6) is 1.67. The third-order valence-corrected chi connectivity index (χ3v) is 4.11. The number of para-hydroxylation sites is 2. The van der Waals surface area contributed by atoms with Gasteiger partial charge in [0.1, 0.15) is 5.82 Å². The van der Waals surface area contributed by atoms with Crippen LogP contribution in [0.5, 0.6) is 11.5 Å². The van der Waals surface area contributed by atoms with Crippen LogP contribution in [0.1, 0.15) is 5.56 Å². The first-order chi connectivity index (χ1) is 13.7. The summed E-state index contributed by atoms with van der Waals surface area (Å²) in [5, 5.41) is 2.78. The molecule has 0 radical (unpaired) electrons. The average Bonchev–Trinajstić information content (AvgIpc) is 2.73. The second kappa shape index (κ2) is 9.41. The Bertz CT molecular complexity index is 898. The fraction of sp³-hybridized carbons (Fsp3) is 0.182. The number of nitrogens with zero attached hydrogens (tertiary/aromatic N) is 2. The lowest BCUT2D eigenvalue weighted by molar-refractivity contribution is -0.118. The summed E-state index contributed by atoms with van der Waals surface area (Å²) in [6.45, 7) is 0.641. The molecular weight excluding hydrogens is 354 g/mol. The number of aromatic nitrogens is 1. The minimum absolute atomic E-state index is 0.115. The van der Waals surface area contributed by atoms with Crippen LogP contribution in [0, 0.1) is 0 Å². The van der Waals surface area contributed by atoms with Gasteiger partial charge in [0.15, 0.2) is 18.1 Å². The quantitative estimate of drug-likeness (QED) is 0.648. The van der Waals surface area contributed by atoms with Gasteiger partial charge in [-0.25, -0.2) is 4.98 Å². The number of hydrogen-bond donors (Lipinski definition) is 1. The van der Waals surface area contributed by atoms with E-state index in [1.165, 1.54) is 5.56 Å². The minimum Gasteiger partial charge on any atom is -0.493 e. The number of methoxy groups -OCH3 is 1. The Hall–Kier alpha value is -3.54. The molecule has 3 aromatic rings. The molecule has 0 unspecified atom stereocenters. The van der Waals surface area contributed by atoms with E-state index in [2.05, 4.69) is 22.4 Å². The van der Waals surface area contributed by atoms with Crippen molar-refractivity contribution in [3.05, 3.63) is 78.5 Å². The predicted molar refractivity (Wildman–Crippen MR) is 110 cm³/mol. The van der Waals surface area contributed by atoms with Crippen LogP contribution in [0.4, 0.5) is 11.5 Å². The maximum Gasteiger partial charge on any atom is 0.262 e. The standard InChI is InChI=1S/C22H23N3O3/c1-25(15-17-8-4-3-5-9-17)21-13-12-18(14-23-21)24-22(26)16-28-20-11-7-6-10-19(20)27-2/h3-14H,15-16H2,1-2H3,(H,24,26). The zero-order valence-corrected chi connectivity index (χ0v) is 16.0. The molecule has 144 valence electrons. The summed E-state index contributed by atoms with van der Waals surface area (Å²) in [5.41, 5.74) is 1.82. The largest absolute Gasteiger partial charge is 0.493 e. The molecule has 2 aromatic carbocycles. The van der Waals surface area contributed by atoms with Crippen LogP contribution in [0.25, 0.3) is 0 Å². The second-order valence-corrected chi connectivity index (χ2v) is 6.23. The highest BCUT2D eigenvalue weighted by Gasteiger charge is 2.08. The molecule has 0 aliphatic carbocycles. The fourth-order valence-electron chi connectivity index (χ4n) is 2.70. The number of carbonyl (C=O) groups is 1. The average molecular weight is 377 g/mol. The maximum absolute atomic E-state index is 12.1. The van der Waals surface area contributed by atoms with Crippen molar-refractivity contribution in [1.82, 2.24) is 4.98 Å². The lowest BCUT2D eigenvalue weighted by Gasteiger charge is -2.18. The van der Waals surface area contributed by atoms with Gasteiger partial charge in [0.25, 0.3) is 5.91 Å². The van der Waals surface area contributed by atoms with Crippen LogP contribution in [0.15, 0.2) is 72.9 Å². The molecule has 0 fully saturated rings. The highest BCUT2D eigenvalue weighted by molar-refractivity contribution is 5.91. The molecule has 0 aliphatic heterocycles. The van der Waals surface area contributed by atoms with E-state index in [1.807, 2.05) is 54.4 Å². The fourth-order valence-corrected chi connectivity index (χ4v) is 2.70. The third kappa shape index (κ3) is 5.23. The molecule has 6 nitrogen and oxygen atoms in total. The number of carbonyl (C=O) groups excluding carboxylic acids is 1. The molecule has 1 N–H and O–H groups in total. The van der Waals surface area contributed by atoms with Crippen LogP contribution in [-0.2, 0) is 11.3 Å². The van der Waals surface area contributed by atoms with Gasteiger partial charge in [0.05, 0.1) is 19.0 Å². The van der Waals surface area contributed by atoms with Crippen LogP contribution >= 0.6 is 0 Å². The van der Waals surface area contributed by atoms with Crippen molar-refractivity contribution in [3.63, 3.8) is 0 Å². The monoisotopic (exact) mass is 377 g/mol. The number of ether oxygens (including phenoxy) is 2. The van der Waals surface area contributed by atoms with Crippen LogP contribution in [0.2, 0.25) is 0 Å². The molecule has 3 rings (SSSR count). The van der Waals surface area contributed by atoms with Gasteiger partial charge in [-0.2, -0.15) is 0 Å². The highest BCUT2D eigenvalue weighted by atomic mass is 16.5. The Morgan fingerprint density at radius 3 is 2.39 bits per heavy atom. The van der Waals surface area contributed by atoms with E-state index in [1.54, 1.807) is 25.4 Å². The summed E-state index contributed by atoms with van der Waals surface area (Å²) < 4.78 is 10.7. The Balaban J connectivity index is 1.52. The van der Waals surface area contributed by atoms with E-state index in [4.69, 9.17) is 9.47 Å². The van der Waals surface area contributed by atoms with Crippen molar-refractivity contribution in [2.24, 2.45) is 0 Å². The molecular formula is C22H23N3O3. The van der Waals surface area contributed by atoms with Crippen molar-refractivity contribution in [2.75, 3.05) is 31.0 Å². The molecule has 1 heterocycles. The van der Waals surface area contributed by atoms with Gasteiger partial charge in [-0.1, -0.05) is 42.5 Å². The maximum atomic E-state index is 12.1. The first kappa shape index (κ1) is 19.2. The third-order valence-electron chi connectivity index (χ3n) is 4.11. The van der Waals surface area contributed by atoms with E-state index < -0.39 is 0 Å². The minimum atomic E-state index is -0.266. The topological polar surface area (TPSA) is 63.7 Å². The molecule has 0 spiro atoms. The molecule has 1 aromatic heterocycles. The summed E-state index contributed by atoms with van der Waals surface area (Å²) in [6, 6.07) is 21.1. The number of benzene rings is 2. The van der Waals surface area contributed by atoms with Gasteiger partial charge in [0, 0.05) is 13.6 Å². The molecule has 0 atom stereocenters. The van der Waals surface area contributed by atoms with Crippen molar-refractivity contribution < 1.29 is 14.3 Å². The lowest BCUT2D eigenvalue weighted by atomic mass is 10.2. The molecule has 0 saturated carbocycles. The number of hydrogen-bond acceptors (Lipinski definition) is 5. The van der Waals surface area contributed by atoms with Crippen LogP contribution in [-0.4, -0.2) is 31.7 Å². The SMILES string of the molecule is COc1ccccc1OCC(=O)Nc1ccc(N(C)Cc2ccccc2)nc1. The summed E-state index contributed by atoms with van der Waals surface area (Å²) in [7, 11) is 3.54. The number of nitrogens with one attached hydrogen (secondary N) is 1. The molecule has 1 amide bonds. The predicted octanol–water partition coefficient (Wildman–Crippen LogP) is 3.74. The number of amides is 1. The Kier molecular flexibility index (Phi) is 6.46. The van der Waals surface area contributed by atoms with Gasteiger partial charge in [-0.05, 0) is 29.8 Å². The number of rotatable bonds is 8. The summed E-state index contributed by atoms with van der Waals surface area (Å²) >= 11 is 0. The van der Waals surface area contributed by atoms with Gasteiger partial charge >= 0.3 is 0 Å². The van der Waals surface area contributed by atoms with Gasteiger partial charge in [-0.3, -0.25) is 4.79 Å². The molecule has 6 heteroatoms. The lowest BCUT2D eigenvalue weighted by Crippen LogP contribution is -2.21. The number of anilines is 2. The van der Waals surface area contributed by atoms with Crippen LogP contribution < -0.4 is 19.7 Å². The van der Waals surface area contributed by atoms with E-state index in [0.29, 0.717) is 17.2 Å². The normalized spacial score (nSPS) is 10.2. The van der Waals surface area contributed by atoms with Crippen molar-refractivity contribution in [3.8, 4) is 11.5 Å². The van der Waals surface area contributed by atoms with E-state index in [-0.39, 0.29) is 12.5 Å². The molecule has 28 heavy (non-hydrogen) atoms. The molecule has 0 saturated heterocycles. The van der Waals surface area contributed by atoms with E-state index >= 15 is 0 Å².